The molecule has 1 heterocycles. The molecule has 1 aromatic rings. The lowest BCUT2D eigenvalue weighted by Gasteiger charge is -2.34. The summed E-state index contributed by atoms with van der Waals surface area (Å²) in [6.07, 6.45) is 10.8. The summed E-state index contributed by atoms with van der Waals surface area (Å²) in [5.74, 6) is 0. The van der Waals surface area contributed by atoms with E-state index in [1.165, 1.54) is 37.8 Å². The molecule has 0 saturated heterocycles. The molecule has 1 N–H and O–H groups in total. The van der Waals surface area contributed by atoms with E-state index in [9.17, 15) is 0 Å². The first-order chi connectivity index (χ1) is 9.23. The Kier molecular flexibility index (Phi) is 5.40. The third kappa shape index (κ3) is 4.32. The molecule has 0 amide bonds. The molecular formula is C15H27N3O. The Labute approximate surface area is 116 Å². The van der Waals surface area contributed by atoms with Crippen LogP contribution in [0.2, 0.25) is 0 Å². The van der Waals surface area contributed by atoms with Crippen LogP contribution in [0.3, 0.4) is 0 Å². The van der Waals surface area contributed by atoms with E-state index in [1.54, 1.807) is 7.11 Å². The molecule has 0 bridgehead atoms. The molecule has 0 spiro atoms. The largest absolute Gasteiger partial charge is 0.383 e. The van der Waals surface area contributed by atoms with Gasteiger partial charge in [-0.3, -0.25) is 0 Å². The molecule has 0 atom stereocenters. The highest BCUT2D eigenvalue weighted by atomic mass is 16.5. The molecule has 0 aromatic carbocycles. The van der Waals surface area contributed by atoms with Gasteiger partial charge in [0, 0.05) is 32.9 Å². The van der Waals surface area contributed by atoms with E-state index in [2.05, 4.69) is 21.8 Å². The minimum absolute atomic E-state index is 0.459. The van der Waals surface area contributed by atoms with Crippen molar-refractivity contribution in [3.63, 3.8) is 0 Å². The molecule has 2 rings (SSSR count). The van der Waals surface area contributed by atoms with E-state index in [0.717, 1.165) is 26.2 Å². The second-order valence-corrected chi connectivity index (χ2v) is 6.05. The summed E-state index contributed by atoms with van der Waals surface area (Å²) in [6.45, 7) is 6.05. The van der Waals surface area contributed by atoms with Crippen LogP contribution in [0.1, 0.15) is 44.7 Å². The van der Waals surface area contributed by atoms with Gasteiger partial charge in [-0.25, -0.2) is 4.98 Å². The van der Waals surface area contributed by atoms with E-state index < -0.39 is 0 Å². The number of rotatable bonds is 7. The van der Waals surface area contributed by atoms with Gasteiger partial charge < -0.3 is 14.6 Å². The average molecular weight is 265 g/mol. The van der Waals surface area contributed by atoms with Gasteiger partial charge in [0.05, 0.1) is 18.6 Å². The van der Waals surface area contributed by atoms with Gasteiger partial charge >= 0.3 is 0 Å². The molecule has 1 aliphatic carbocycles. The zero-order chi connectivity index (χ0) is 13.6. The lowest BCUT2D eigenvalue weighted by atomic mass is 9.75. The third-order valence-corrected chi connectivity index (χ3v) is 4.20. The summed E-state index contributed by atoms with van der Waals surface area (Å²) in [5.41, 5.74) is 1.74. The minimum atomic E-state index is 0.459. The zero-order valence-electron chi connectivity index (χ0n) is 12.3. The maximum absolute atomic E-state index is 5.04. The number of hydrogen-bond donors (Lipinski definition) is 1. The smallest absolute Gasteiger partial charge is 0.0948 e. The second kappa shape index (κ2) is 7.06. The number of hydrogen-bond acceptors (Lipinski definition) is 3. The molecule has 4 heteroatoms. The Bertz CT molecular complexity index is 369. The molecule has 0 aliphatic heterocycles. The molecule has 1 saturated carbocycles. The van der Waals surface area contributed by atoms with Crippen molar-refractivity contribution in [2.24, 2.45) is 5.41 Å². The Hall–Kier alpha value is -0.870. The fourth-order valence-electron chi connectivity index (χ4n) is 3.00. The first-order valence-corrected chi connectivity index (χ1v) is 7.42. The summed E-state index contributed by atoms with van der Waals surface area (Å²) in [6, 6.07) is 0. The van der Waals surface area contributed by atoms with Crippen LogP contribution in [0.5, 0.6) is 0 Å². The highest BCUT2D eigenvalue weighted by Gasteiger charge is 2.27. The van der Waals surface area contributed by atoms with E-state index >= 15 is 0 Å². The monoisotopic (exact) mass is 265 g/mol. The van der Waals surface area contributed by atoms with Crippen LogP contribution in [0.25, 0.3) is 0 Å². The maximum Gasteiger partial charge on any atom is 0.0948 e. The van der Waals surface area contributed by atoms with Gasteiger partial charge in [0.2, 0.25) is 0 Å². The lowest BCUT2D eigenvalue weighted by Crippen LogP contribution is -2.28. The van der Waals surface area contributed by atoms with Crippen molar-refractivity contribution in [3.05, 3.63) is 18.2 Å². The van der Waals surface area contributed by atoms with Gasteiger partial charge in [-0.1, -0.05) is 26.2 Å². The third-order valence-electron chi connectivity index (χ3n) is 4.20. The zero-order valence-corrected chi connectivity index (χ0v) is 12.3. The van der Waals surface area contributed by atoms with Gasteiger partial charge in [-0.2, -0.15) is 0 Å². The average Bonchev–Trinajstić information content (AvgIpc) is 2.82. The van der Waals surface area contributed by atoms with Gasteiger partial charge in [0.15, 0.2) is 0 Å². The minimum Gasteiger partial charge on any atom is -0.383 e. The summed E-state index contributed by atoms with van der Waals surface area (Å²) in [5, 5.41) is 3.39. The van der Waals surface area contributed by atoms with Crippen molar-refractivity contribution in [1.82, 2.24) is 14.9 Å². The Morgan fingerprint density at radius 3 is 2.89 bits per heavy atom. The molecule has 108 valence electrons. The number of imidazole rings is 1. The van der Waals surface area contributed by atoms with Crippen molar-refractivity contribution in [2.45, 2.75) is 52.1 Å². The number of methoxy groups -OCH3 is 1. The molecule has 1 aromatic heterocycles. The van der Waals surface area contributed by atoms with Gasteiger partial charge in [-0.15, -0.1) is 0 Å². The Morgan fingerprint density at radius 2 is 2.16 bits per heavy atom. The lowest BCUT2D eigenvalue weighted by molar-refractivity contribution is 0.180. The van der Waals surface area contributed by atoms with E-state index in [-0.39, 0.29) is 0 Å². The van der Waals surface area contributed by atoms with Crippen molar-refractivity contribution in [2.75, 3.05) is 20.3 Å². The fourth-order valence-corrected chi connectivity index (χ4v) is 3.00. The van der Waals surface area contributed by atoms with E-state index in [0.29, 0.717) is 5.41 Å². The highest BCUT2D eigenvalue weighted by molar-refractivity contribution is 4.99. The van der Waals surface area contributed by atoms with Crippen LogP contribution in [-0.4, -0.2) is 29.8 Å². The molecule has 1 aliphatic rings. The predicted octanol–water partition coefficient (Wildman–Crippen LogP) is 2.59. The molecule has 4 nitrogen and oxygen atoms in total. The Balaban J connectivity index is 1.87. The number of nitrogens with one attached hydrogen (secondary N) is 1. The fraction of sp³-hybridized carbons (Fsp3) is 0.800. The van der Waals surface area contributed by atoms with Crippen LogP contribution in [0, 0.1) is 5.41 Å². The van der Waals surface area contributed by atoms with Crippen molar-refractivity contribution >= 4 is 0 Å². The number of aromatic nitrogens is 2. The van der Waals surface area contributed by atoms with Crippen molar-refractivity contribution < 1.29 is 4.74 Å². The van der Waals surface area contributed by atoms with Crippen LogP contribution in [0.15, 0.2) is 12.5 Å². The molecular weight excluding hydrogens is 238 g/mol. The SMILES string of the molecule is COCCNCc1cncn1CC1(C)CCCCC1. The van der Waals surface area contributed by atoms with Gasteiger partial charge in [-0.05, 0) is 18.3 Å². The molecule has 0 radical (unpaired) electrons. The van der Waals surface area contributed by atoms with Crippen molar-refractivity contribution in [1.29, 1.82) is 0 Å². The van der Waals surface area contributed by atoms with Crippen LogP contribution in [0.4, 0.5) is 0 Å². The van der Waals surface area contributed by atoms with Crippen LogP contribution in [-0.2, 0) is 17.8 Å². The number of nitrogens with zero attached hydrogens (tertiary/aromatic N) is 2. The van der Waals surface area contributed by atoms with Crippen LogP contribution >= 0.6 is 0 Å². The van der Waals surface area contributed by atoms with E-state index in [1.807, 2.05) is 12.5 Å². The number of ether oxygens (including phenoxy) is 1. The first kappa shape index (κ1) is 14.5. The summed E-state index contributed by atoms with van der Waals surface area (Å²) >= 11 is 0. The predicted molar refractivity (Wildman–Crippen MR) is 77.0 cm³/mol. The standard InChI is InChI=1S/C15H27N3O/c1-15(6-4-3-5-7-15)12-18-13-17-11-14(18)10-16-8-9-19-2/h11,13,16H,3-10,12H2,1-2H3. The van der Waals surface area contributed by atoms with Gasteiger partial charge in [0.25, 0.3) is 0 Å². The molecule has 1 fully saturated rings. The summed E-state index contributed by atoms with van der Waals surface area (Å²) in [4.78, 5) is 4.31. The van der Waals surface area contributed by atoms with Gasteiger partial charge in [0.1, 0.15) is 0 Å². The molecule has 0 unspecified atom stereocenters. The van der Waals surface area contributed by atoms with Crippen LogP contribution < -0.4 is 5.32 Å². The highest BCUT2D eigenvalue weighted by Crippen LogP contribution is 2.37. The maximum atomic E-state index is 5.04. The quantitative estimate of drug-likeness (QED) is 0.770. The van der Waals surface area contributed by atoms with Crippen molar-refractivity contribution in [3.8, 4) is 0 Å². The summed E-state index contributed by atoms with van der Waals surface area (Å²) in [7, 11) is 1.73. The topological polar surface area (TPSA) is 39.1 Å². The van der Waals surface area contributed by atoms with E-state index in [4.69, 9.17) is 4.74 Å². The Morgan fingerprint density at radius 1 is 1.37 bits per heavy atom. The molecule has 19 heavy (non-hydrogen) atoms. The first-order valence-electron chi connectivity index (χ1n) is 7.42. The summed E-state index contributed by atoms with van der Waals surface area (Å²) < 4.78 is 7.37. The second-order valence-electron chi connectivity index (χ2n) is 6.05. The normalized spacial score (nSPS) is 18.6.